The monoisotopic (exact) mass is 276 g/mol. The van der Waals surface area contributed by atoms with Crippen molar-refractivity contribution in [3.05, 3.63) is 0 Å². The topological polar surface area (TPSA) is 63.4 Å². The standard InChI is InChI=1S/C13H28N2O2S/c1-5-15(12(2,3)4)18(16,17)11-13(14)9-7-6-8-10-13/h5-11,14H2,1-4H3. The zero-order valence-electron chi connectivity index (χ0n) is 12.2. The van der Waals surface area contributed by atoms with Gasteiger partial charge in [0.1, 0.15) is 0 Å². The molecule has 5 heteroatoms. The summed E-state index contributed by atoms with van der Waals surface area (Å²) in [5.74, 6) is 0.0884. The third-order valence-electron chi connectivity index (χ3n) is 3.69. The lowest BCUT2D eigenvalue weighted by atomic mass is 9.84. The van der Waals surface area contributed by atoms with Crippen LogP contribution in [0.5, 0.6) is 0 Å². The zero-order valence-corrected chi connectivity index (χ0v) is 13.0. The molecule has 0 heterocycles. The normalized spacial score (nSPS) is 21.2. The lowest BCUT2D eigenvalue weighted by molar-refractivity contribution is 0.251. The van der Waals surface area contributed by atoms with Gasteiger partial charge in [-0.3, -0.25) is 0 Å². The lowest BCUT2D eigenvalue weighted by Crippen LogP contribution is -2.54. The molecule has 0 bridgehead atoms. The third-order valence-corrected chi connectivity index (χ3v) is 6.11. The molecular formula is C13H28N2O2S. The first-order valence-corrected chi connectivity index (χ1v) is 8.51. The molecule has 0 aromatic rings. The second-order valence-corrected chi connectivity index (χ2v) is 8.41. The molecule has 0 aromatic carbocycles. The van der Waals surface area contributed by atoms with E-state index in [1.54, 1.807) is 4.31 Å². The summed E-state index contributed by atoms with van der Waals surface area (Å²) in [4.78, 5) is 0. The Bertz CT molecular complexity index is 365. The molecule has 0 aliphatic heterocycles. The van der Waals surface area contributed by atoms with Crippen molar-refractivity contribution in [2.75, 3.05) is 12.3 Å². The van der Waals surface area contributed by atoms with E-state index >= 15 is 0 Å². The Hall–Kier alpha value is -0.130. The van der Waals surface area contributed by atoms with Gasteiger partial charge in [-0.1, -0.05) is 26.2 Å². The van der Waals surface area contributed by atoms with Crippen molar-refractivity contribution >= 4 is 10.0 Å². The maximum Gasteiger partial charge on any atom is 0.216 e. The van der Waals surface area contributed by atoms with Crippen molar-refractivity contribution < 1.29 is 8.42 Å². The summed E-state index contributed by atoms with van der Waals surface area (Å²) in [5.41, 5.74) is 5.38. The van der Waals surface area contributed by atoms with Crippen molar-refractivity contribution in [1.82, 2.24) is 4.31 Å². The van der Waals surface area contributed by atoms with Crippen molar-refractivity contribution in [1.29, 1.82) is 0 Å². The highest BCUT2D eigenvalue weighted by atomic mass is 32.2. The molecule has 4 nitrogen and oxygen atoms in total. The Kier molecular flexibility index (Phi) is 4.84. The first-order chi connectivity index (χ1) is 8.11. The fourth-order valence-corrected chi connectivity index (χ4v) is 5.33. The van der Waals surface area contributed by atoms with Crippen LogP contribution in [0.15, 0.2) is 0 Å². The molecular weight excluding hydrogens is 248 g/mol. The van der Waals surface area contributed by atoms with E-state index in [1.807, 2.05) is 27.7 Å². The molecule has 1 rings (SSSR count). The Morgan fingerprint density at radius 2 is 1.67 bits per heavy atom. The van der Waals surface area contributed by atoms with Crippen molar-refractivity contribution in [2.24, 2.45) is 5.73 Å². The summed E-state index contributed by atoms with van der Waals surface area (Å²) in [6.45, 7) is 8.17. The Labute approximate surface area is 112 Å². The van der Waals surface area contributed by atoms with Gasteiger partial charge < -0.3 is 5.73 Å². The van der Waals surface area contributed by atoms with Crippen LogP contribution in [0.3, 0.4) is 0 Å². The largest absolute Gasteiger partial charge is 0.324 e. The van der Waals surface area contributed by atoms with Crippen LogP contribution in [0.25, 0.3) is 0 Å². The zero-order chi connectivity index (χ0) is 14.0. The van der Waals surface area contributed by atoms with Gasteiger partial charge in [-0.05, 0) is 33.6 Å². The average Bonchev–Trinajstić information content (AvgIpc) is 2.14. The SMILES string of the molecule is CCN(C(C)(C)C)S(=O)(=O)CC1(N)CCCCC1. The molecule has 108 valence electrons. The Balaban J connectivity index is 2.86. The van der Waals surface area contributed by atoms with Crippen LogP contribution >= 0.6 is 0 Å². The van der Waals surface area contributed by atoms with Crippen LogP contribution in [-0.4, -0.2) is 36.1 Å². The van der Waals surface area contributed by atoms with Gasteiger partial charge in [-0.2, -0.15) is 4.31 Å². The van der Waals surface area contributed by atoms with Gasteiger partial charge >= 0.3 is 0 Å². The van der Waals surface area contributed by atoms with Gasteiger partial charge in [-0.25, -0.2) is 8.42 Å². The van der Waals surface area contributed by atoms with E-state index < -0.39 is 15.6 Å². The molecule has 1 aliphatic rings. The predicted octanol–water partition coefficient (Wildman–Crippen LogP) is 2.10. The minimum absolute atomic E-state index is 0.0884. The molecule has 0 amide bonds. The summed E-state index contributed by atoms with van der Waals surface area (Å²) >= 11 is 0. The molecule has 18 heavy (non-hydrogen) atoms. The summed E-state index contributed by atoms with van der Waals surface area (Å²) < 4.78 is 26.6. The molecule has 1 aliphatic carbocycles. The van der Waals surface area contributed by atoms with Gasteiger partial charge in [0.05, 0.1) is 5.75 Å². The summed E-state index contributed by atoms with van der Waals surface area (Å²) in [7, 11) is -3.28. The van der Waals surface area contributed by atoms with Gasteiger partial charge in [0.25, 0.3) is 0 Å². The fourth-order valence-electron chi connectivity index (χ4n) is 2.93. The molecule has 1 saturated carbocycles. The van der Waals surface area contributed by atoms with Crippen molar-refractivity contribution in [2.45, 2.75) is 70.9 Å². The summed E-state index contributed by atoms with van der Waals surface area (Å²) in [6.07, 6.45) is 4.93. The molecule has 0 saturated heterocycles. The van der Waals surface area contributed by atoms with E-state index in [-0.39, 0.29) is 11.3 Å². The van der Waals surface area contributed by atoms with Crippen LogP contribution < -0.4 is 5.73 Å². The number of sulfonamides is 1. The molecule has 0 unspecified atom stereocenters. The predicted molar refractivity (Wildman–Crippen MR) is 75.9 cm³/mol. The van der Waals surface area contributed by atoms with Crippen LogP contribution in [0.2, 0.25) is 0 Å². The molecule has 1 fully saturated rings. The molecule has 0 atom stereocenters. The third kappa shape index (κ3) is 3.93. The van der Waals surface area contributed by atoms with Crippen LogP contribution in [-0.2, 0) is 10.0 Å². The van der Waals surface area contributed by atoms with Gasteiger partial charge in [0.15, 0.2) is 0 Å². The van der Waals surface area contributed by atoms with E-state index in [2.05, 4.69) is 0 Å². The van der Waals surface area contributed by atoms with Gasteiger partial charge in [0, 0.05) is 17.6 Å². The second-order valence-electron chi connectivity index (χ2n) is 6.51. The van der Waals surface area contributed by atoms with E-state index in [9.17, 15) is 8.42 Å². The van der Waals surface area contributed by atoms with E-state index in [0.717, 1.165) is 25.7 Å². The van der Waals surface area contributed by atoms with Crippen LogP contribution in [0.4, 0.5) is 0 Å². The number of hydrogen-bond acceptors (Lipinski definition) is 3. The first-order valence-electron chi connectivity index (χ1n) is 6.90. The highest BCUT2D eigenvalue weighted by Gasteiger charge is 2.38. The quantitative estimate of drug-likeness (QED) is 0.855. The molecule has 0 aromatic heterocycles. The summed E-state index contributed by atoms with van der Waals surface area (Å²) in [6, 6.07) is 0. The molecule has 0 radical (unpaired) electrons. The lowest BCUT2D eigenvalue weighted by Gasteiger charge is -2.39. The van der Waals surface area contributed by atoms with Gasteiger partial charge in [-0.15, -0.1) is 0 Å². The maximum absolute atomic E-state index is 12.5. The summed E-state index contributed by atoms with van der Waals surface area (Å²) in [5, 5.41) is 0. The number of rotatable bonds is 4. The van der Waals surface area contributed by atoms with Crippen LogP contribution in [0.1, 0.15) is 59.8 Å². The molecule has 0 spiro atoms. The highest BCUT2D eigenvalue weighted by molar-refractivity contribution is 7.89. The minimum atomic E-state index is -3.28. The Morgan fingerprint density at radius 1 is 1.17 bits per heavy atom. The van der Waals surface area contributed by atoms with Crippen LogP contribution in [0, 0.1) is 0 Å². The maximum atomic E-state index is 12.5. The van der Waals surface area contributed by atoms with E-state index in [1.165, 1.54) is 6.42 Å². The highest BCUT2D eigenvalue weighted by Crippen LogP contribution is 2.29. The number of nitrogens with zero attached hydrogens (tertiary/aromatic N) is 1. The molecule has 2 N–H and O–H groups in total. The van der Waals surface area contributed by atoms with Crippen molar-refractivity contribution in [3.63, 3.8) is 0 Å². The number of nitrogens with two attached hydrogens (primary N) is 1. The van der Waals surface area contributed by atoms with E-state index in [0.29, 0.717) is 6.54 Å². The van der Waals surface area contributed by atoms with Gasteiger partial charge in [0.2, 0.25) is 10.0 Å². The Morgan fingerprint density at radius 3 is 2.06 bits per heavy atom. The van der Waals surface area contributed by atoms with Crippen molar-refractivity contribution in [3.8, 4) is 0 Å². The minimum Gasteiger partial charge on any atom is -0.324 e. The smallest absolute Gasteiger partial charge is 0.216 e. The first kappa shape index (κ1) is 15.9. The fraction of sp³-hybridized carbons (Fsp3) is 1.00. The number of hydrogen-bond donors (Lipinski definition) is 1. The second kappa shape index (κ2) is 5.47. The van der Waals surface area contributed by atoms with E-state index in [4.69, 9.17) is 5.73 Å². The average molecular weight is 276 g/mol.